The Bertz CT molecular complexity index is 1580. The summed E-state index contributed by atoms with van der Waals surface area (Å²) in [6.45, 7) is 0.286. The summed E-state index contributed by atoms with van der Waals surface area (Å²) in [7, 11) is 0. The molecule has 0 radical (unpaired) electrons. The fourth-order valence-corrected chi connectivity index (χ4v) is 3.97. The summed E-state index contributed by atoms with van der Waals surface area (Å²) < 4.78 is 44.6. The Morgan fingerprint density at radius 1 is 0.974 bits per heavy atom. The van der Waals surface area contributed by atoms with E-state index in [2.05, 4.69) is 25.8 Å². The molecule has 8 nitrogen and oxygen atoms in total. The number of hydrogen-bond acceptors (Lipinski definition) is 5. The number of ether oxygens (including phenoxy) is 1. The van der Waals surface area contributed by atoms with E-state index in [-0.39, 0.29) is 12.3 Å². The number of aromatic amines is 1. The molecule has 0 aliphatic carbocycles. The van der Waals surface area contributed by atoms with Crippen LogP contribution in [0.2, 0.25) is 0 Å². The third-order valence-corrected chi connectivity index (χ3v) is 5.77. The fraction of sp³-hybridized carbons (Fsp3) is 0.0741. The summed E-state index contributed by atoms with van der Waals surface area (Å²) in [5.74, 6) is 0.971. The molecular weight excluding hydrogens is 497 g/mol. The monoisotopic (exact) mass is 518 g/mol. The van der Waals surface area contributed by atoms with Gasteiger partial charge in [0.1, 0.15) is 12.4 Å². The first-order valence-electron chi connectivity index (χ1n) is 11.4. The molecule has 2 heterocycles. The Kier molecular flexibility index (Phi) is 6.56. The van der Waals surface area contributed by atoms with Gasteiger partial charge in [-0.05, 0) is 53.6 Å². The minimum absolute atomic E-state index is 0.0272. The van der Waals surface area contributed by atoms with Gasteiger partial charge in [-0.1, -0.05) is 30.3 Å². The van der Waals surface area contributed by atoms with Crippen molar-refractivity contribution < 1.29 is 22.7 Å². The van der Waals surface area contributed by atoms with Crippen molar-refractivity contribution in [1.82, 2.24) is 15.2 Å². The highest BCUT2D eigenvalue weighted by atomic mass is 19.4. The highest BCUT2D eigenvalue weighted by Crippen LogP contribution is 2.34. The highest BCUT2D eigenvalue weighted by Gasteiger charge is 2.30. The molecule has 5 aromatic rings. The lowest BCUT2D eigenvalue weighted by Gasteiger charge is -2.12. The normalized spacial score (nSPS) is 11.3. The SMILES string of the molecule is Nc1n[nH]c2c(COc3cccnc3)ccc(-c3ccc(NC(=O)Nc4cccc(C(F)(F)F)c4)cc3)c12. The number of anilines is 3. The van der Waals surface area contributed by atoms with Crippen LogP contribution in [0.15, 0.2) is 85.2 Å². The van der Waals surface area contributed by atoms with Crippen LogP contribution in [-0.2, 0) is 12.8 Å². The van der Waals surface area contributed by atoms with Crippen LogP contribution in [0.5, 0.6) is 5.75 Å². The lowest BCUT2D eigenvalue weighted by molar-refractivity contribution is -0.137. The van der Waals surface area contributed by atoms with E-state index in [1.165, 1.54) is 12.1 Å². The number of amides is 2. The van der Waals surface area contributed by atoms with Gasteiger partial charge < -0.3 is 21.1 Å². The van der Waals surface area contributed by atoms with Crippen LogP contribution in [0.4, 0.5) is 35.2 Å². The second-order valence-electron chi connectivity index (χ2n) is 8.34. The summed E-state index contributed by atoms with van der Waals surface area (Å²) in [5, 5.41) is 12.9. The molecule has 0 unspecified atom stereocenters. The molecule has 11 heteroatoms. The predicted octanol–water partition coefficient (Wildman–Crippen LogP) is 6.45. The molecule has 0 atom stereocenters. The first kappa shape index (κ1) is 24.6. The van der Waals surface area contributed by atoms with Crippen LogP contribution in [0.1, 0.15) is 11.1 Å². The van der Waals surface area contributed by atoms with Crippen molar-refractivity contribution in [3.63, 3.8) is 0 Å². The van der Waals surface area contributed by atoms with Gasteiger partial charge in [0.2, 0.25) is 0 Å². The Morgan fingerprint density at radius 2 is 1.76 bits per heavy atom. The van der Waals surface area contributed by atoms with Crippen LogP contribution in [0, 0.1) is 0 Å². The van der Waals surface area contributed by atoms with Gasteiger partial charge in [0.05, 0.1) is 22.7 Å². The Labute approximate surface area is 214 Å². The van der Waals surface area contributed by atoms with Crippen molar-refractivity contribution in [2.45, 2.75) is 12.8 Å². The number of rotatable bonds is 6. The van der Waals surface area contributed by atoms with Gasteiger partial charge in [-0.25, -0.2) is 4.79 Å². The minimum Gasteiger partial charge on any atom is -0.487 e. The number of H-pyrrole nitrogens is 1. The number of pyridine rings is 1. The van der Waals surface area contributed by atoms with Gasteiger partial charge in [-0.3, -0.25) is 10.1 Å². The van der Waals surface area contributed by atoms with Crippen LogP contribution in [-0.4, -0.2) is 21.2 Å². The van der Waals surface area contributed by atoms with Crippen LogP contribution in [0.3, 0.4) is 0 Å². The summed E-state index contributed by atoms with van der Waals surface area (Å²) >= 11 is 0. The number of fused-ring (bicyclic) bond motifs is 1. The first-order valence-corrected chi connectivity index (χ1v) is 11.4. The average Bonchev–Trinajstić information content (AvgIpc) is 3.30. The second-order valence-corrected chi connectivity index (χ2v) is 8.34. The van der Waals surface area contributed by atoms with E-state index >= 15 is 0 Å². The topological polar surface area (TPSA) is 118 Å². The molecule has 0 saturated carbocycles. The van der Waals surface area contributed by atoms with Crippen LogP contribution in [0.25, 0.3) is 22.0 Å². The molecular formula is C27H21F3N6O2. The van der Waals surface area contributed by atoms with Crippen molar-refractivity contribution in [3.05, 3.63) is 96.3 Å². The number of halogens is 3. The van der Waals surface area contributed by atoms with Crippen LogP contribution >= 0.6 is 0 Å². The lowest BCUT2D eigenvalue weighted by Crippen LogP contribution is -2.19. The van der Waals surface area contributed by atoms with Gasteiger partial charge in [0, 0.05) is 23.1 Å². The quantitative estimate of drug-likeness (QED) is 0.206. The molecule has 2 aromatic heterocycles. The van der Waals surface area contributed by atoms with Crippen molar-refractivity contribution in [2.75, 3.05) is 16.4 Å². The van der Waals surface area contributed by atoms with Gasteiger partial charge in [-0.2, -0.15) is 18.3 Å². The number of carbonyl (C=O) groups excluding carboxylic acids is 1. The number of nitrogens with zero attached hydrogens (tertiary/aromatic N) is 2. The molecule has 0 fully saturated rings. The smallest absolute Gasteiger partial charge is 0.416 e. The zero-order chi connectivity index (χ0) is 26.7. The molecule has 5 rings (SSSR count). The summed E-state index contributed by atoms with van der Waals surface area (Å²) in [4.78, 5) is 16.4. The summed E-state index contributed by atoms with van der Waals surface area (Å²) in [5.41, 5.74) is 9.06. The molecule has 0 saturated heterocycles. The Hall–Kier alpha value is -5.06. The van der Waals surface area contributed by atoms with E-state index < -0.39 is 17.8 Å². The van der Waals surface area contributed by atoms with E-state index in [9.17, 15) is 18.0 Å². The van der Waals surface area contributed by atoms with Gasteiger partial charge in [-0.15, -0.1) is 0 Å². The summed E-state index contributed by atoms with van der Waals surface area (Å²) in [6.07, 6.45) is -1.21. The van der Waals surface area contributed by atoms with Crippen molar-refractivity contribution in [2.24, 2.45) is 0 Å². The number of alkyl halides is 3. The predicted molar refractivity (Wildman–Crippen MR) is 139 cm³/mol. The number of benzene rings is 3. The van der Waals surface area contributed by atoms with E-state index in [1.54, 1.807) is 42.7 Å². The third kappa shape index (κ3) is 5.36. The van der Waals surface area contributed by atoms with Crippen molar-refractivity contribution in [3.8, 4) is 16.9 Å². The number of urea groups is 1. The summed E-state index contributed by atoms with van der Waals surface area (Å²) in [6, 6.07) is 18.1. The largest absolute Gasteiger partial charge is 0.487 e. The number of nitrogens with one attached hydrogen (secondary N) is 3. The Morgan fingerprint density at radius 3 is 2.50 bits per heavy atom. The number of nitrogen functional groups attached to an aromatic ring is 1. The molecule has 3 aromatic carbocycles. The molecule has 0 bridgehead atoms. The molecule has 38 heavy (non-hydrogen) atoms. The number of carbonyl (C=O) groups is 1. The standard InChI is InChI=1S/C27H21F3N6O2/c28-27(29,30)18-3-1-4-20(13-18)34-26(37)33-19-9-6-16(7-10-19)22-11-8-17(24-23(22)25(31)36-35-24)15-38-21-5-2-12-32-14-21/h1-14H,15H2,(H3,31,35,36)(H2,33,34,37). The van der Waals surface area contributed by atoms with E-state index in [0.29, 0.717) is 17.3 Å². The average molecular weight is 518 g/mol. The van der Waals surface area contributed by atoms with E-state index in [0.717, 1.165) is 39.7 Å². The lowest BCUT2D eigenvalue weighted by atomic mass is 9.98. The van der Waals surface area contributed by atoms with Gasteiger partial charge in [0.25, 0.3) is 0 Å². The van der Waals surface area contributed by atoms with Gasteiger partial charge >= 0.3 is 12.2 Å². The third-order valence-electron chi connectivity index (χ3n) is 5.77. The molecule has 2 amide bonds. The molecule has 192 valence electrons. The highest BCUT2D eigenvalue weighted by molar-refractivity contribution is 6.03. The fourth-order valence-electron chi connectivity index (χ4n) is 3.97. The van der Waals surface area contributed by atoms with Crippen molar-refractivity contribution in [1.29, 1.82) is 0 Å². The van der Waals surface area contributed by atoms with Crippen LogP contribution < -0.4 is 21.1 Å². The molecule has 0 aliphatic rings. The van der Waals surface area contributed by atoms with E-state index in [4.69, 9.17) is 10.5 Å². The molecule has 5 N–H and O–H groups in total. The molecule has 0 aliphatic heterocycles. The maximum atomic E-state index is 12.9. The Balaban J connectivity index is 1.31. The van der Waals surface area contributed by atoms with E-state index in [1.807, 2.05) is 18.2 Å². The minimum atomic E-state index is -4.50. The second kappa shape index (κ2) is 10.1. The maximum Gasteiger partial charge on any atom is 0.416 e. The zero-order valence-electron chi connectivity index (χ0n) is 19.7. The maximum absolute atomic E-state index is 12.9. The number of aromatic nitrogens is 3. The first-order chi connectivity index (χ1) is 18.3. The van der Waals surface area contributed by atoms with Crippen molar-refractivity contribution >= 4 is 34.1 Å². The number of hydrogen-bond donors (Lipinski definition) is 4. The zero-order valence-corrected chi connectivity index (χ0v) is 19.7. The molecule has 0 spiro atoms. The number of nitrogens with two attached hydrogens (primary N) is 1. The van der Waals surface area contributed by atoms with Gasteiger partial charge in [0.15, 0.2) is 5.82 Å².